The summed E-state index contributed by atoms with van der Waals surface area (Å²) in [7, 11) is 4.55. The molecule has 26 heavy (non-hydrogen) atoms. The predicted molar refractivity (Wildman–Crippen MR) is 101 cm³/mol. The minimum absolute atomic E-state index is 0.0323. The van der Waals surface area contributed by atoms with Crippen LogP contribution < -0.4 is 9.47 Å². The number of amides is 1. The highest BCUT2D eigenvalue weighted by Gasteiger charge is 2.24. The van der Waals surface area contributed by atoms with Gasteiger partial charge in [0, 0.05) is 19.0 Å². The molecule has 6 nitrogen and oxygen atoms in total. The van der Waals surface area contributed by atoms with E-state index in [2.05, 4.69) is 0 Å². The third kappa shape index (κ3) is 5.93. The molecule has 6 heteroatoms. The second-order valence-electron chi connectivity index (χ2n) is 6.42. The van der Waals surface area contributed by atoms with Crippen LogP contribution in [-0.4, -0.2) is 50.7 Å². The molecule has 1 aromatic rings. The van der Waals surface area contributed by atoms with Crippen molar-refractivity contribution < 1.29 is 23.8 Å². The lowest BCUT2D eigenvalue weighted by molar-refractivity contribution is -0.147. The van der Waals surface area contributed by atoms with E-state index in [0.29, 0.717) is 30.9 Å². The third-order valence-electron chi connectivity index (χ3n) is 4.59. The van der Waals surface area contributed by atoms with Gasteiger partial charge in [0.05, 0.1) is 27.2 Å². The predicted octanol–water partition coefficient (Wildman–Crippen LogP) is 3.07. The number of rotatable bonds is 10. The van der Waals surface area contributed by atoms with E-state index in [1.807, 2.05) is 32.0 Å². The van der Waals surface area contributed by atoms with Crippen molar-refractivity contribution in [2.45, 2.75) is 46.1 Å². The van der Waals surface area contributed by atoms with Crippen molar-refractivity contribution >= 4 is 11.9 Å². The van der Waals surface area contributed by atoms with E-state index >= 15 is 0 Å². The van der Waals surface area contributed by atoms with Gasteiger partial charge < -0.3 is 19.1 Å². The Hall–Kier alpha value is -2.24. The van der Waals surface area contributed by atoms with E-state index in [0.717, 1.165) is 12.0 Å². The fourth-order valence-corrected chi connectivity index (χ4v) is 2.75. The van der Waals surface area contributed by atoms with Crippen molar-refractivity contribution in [2.75, 3.05) is 27.9 Å². The lowest BCUT2D eigenvalue weighted by Gasteiger charge is -2.30. The van der Waals surface area contributed by atoms with Crippen molar-refractivity contribution in [1.82, 2.24) is 4.90 Å². The van der Waals surface area contributed by atoms with Crippen LogP contribution in [0.4, 0.5) is 0 Å². The molecule has 0 aliphatic rings. The second-order valence-corrected chi connectivity index (χ2v) is 6.42. The van der Waals surface area contributed by atoms with Crippen LogP contribution >= 0.6 is 0 Å². The second kappa shape index (κ2) is 10.7. The molecule has 0 bridgehead atoms. The van der Waals surface area contributed by atoms with Crippen molar-refractivity contribution in [3.63, 3.8) is 0 Å². The Morgan fingerprint density at radius 3 is 2.27 bits per heavy atom. The standard InChI is InChI=1S/C20H31NO5/c1-7-15(3)21(13-14(2)20(23)26-6)19(22)11-9-16-8-10-17(24-4)18(12-16)25-5/h8,10,12,14-15H,7,9,11,13H2,1-6H3. The van der Waals surface area contributed by atoms with Crippen LogP contribution in [0, 0.1) is 5.92 Å². The first-order valence-electron chi connectivity index (χ1n) is 8.96. The van der Waals surface area contributed by atoms with Crippen LogP contribution in [0.2, 0.25) is 0 Å². The zero-order valence-electron chi connectivity index (χ0n) is 16.7. The summed E-state index contributed by atoms with van der Waals surface area (Å²) >= 11 is 0. The maximum Gasteiger partial charge on any atom is 0.310 e. The molecule has 1 amide bonds. The molecule has 2 atom stereocenters. The van der Waals surface area contributed by atoms with Gasteiger partial charge in [-0.3, -0.25) is 9.59 Å². The summed E-state index contributed by atoms with van der Waals surface area (Å²) in [6, 6.07) is 5.72. The molecule has 146 valence electrons. The minimum Gasteiger partial charge on any atom is -0.493 e. The molecule has 0 saturated carbocycles. The summed E-state index contributed by atoms with van der Waals surface area (Å²) in [6.45, 7) is 6.18. The van der Waals surface area contributed by atoms with E-state index in [-0.39, 0.29) is 23.8 Å². The maximum absolute atomic E-state index is 12.8. The summed E-state index contributed by atoms with van der Waals surface area (Å²) in [5.74, 6) is 0.696. The fourth-order valence-electron chi connectivity index (χ4n) is 2.75. The van der Waals surface area contributed by atoms with Gasteiger partial charge in [0.15, 0.2) is 11.5 Å². The highest BCUT2D eigenvalue weighted by atomic mass is 16.5. The Kier molecular flexibility index (Phi) is 8.96. The Morgan fingerprint density at radius 2 is 1.73 bits per heavy atom. The molecule has 0 radical (unpaired) electrons. The first-order valence-corrected chi connectivity index (χ1v) is 8.96. The topological polar surface area (TPSA) is 65.1 Å². The normalized spacial score (nSPS) is 12.8. The first-order chi connectivity index (χ1) is 12.4. The molecule has 1 rings (SSSR count). The molecule has 0 aromatic heterocycles. The van der Waals surface area contributed by atoms with Crippen molar-refractivity contribution in [3.05, 3.63) is 23.8 Å². The molecular weight excluding hydrogens is 334 g/mol. The summed E-state index contributed by atoms with van der Waals surface area (Å²) in [6.07, 6.45) is 1.79. The molecule has 0 fully saturated rings. The van der Waals surface area contributed by atoms with Crippen LogP contribution in [-0.2, 0) is 20.7 Å². The number of hydrogen-bond acceptors (Lipinski definition) is 5. The van der Waals surface area contributed by atoms with Crippen LogP contribution in [0.5, 0.6) is 11.5 Å². The molecule has 0 spiro atoms. The molecule has 0 N–H and O–H groups in total. The zero-order valence-corrected chi connectivity index (χ0v) is 16.7. The molecule has 0 saturated heterocycles. The summed E-state index contributed by atoms with van der Waals surface area (Å²) in [5, 5.41) is 0. The molecule has 1 aromatic carbocycles. The van der Waals surface area contributed by atoms with Crippen LogP contribution in [0.1, 0.15) is 39.2 Å². The van der Waals surface area contributed by atoms with Gasteiger partial charge in [0.25, 0.3) is 0 Å². The number of carbonyl (C=O) groups excluding carboxylic acids is 2. The number of esters is 1. The number of carbonyl (C=O) groups is 2. The lowest BCUT2D eigenvalue weighted by atomic mass is 10.1. The van der Waals surface area contributed by atoms with E-state index < -0.39 is 0 Å². The highest BCUT2D eigenvalue weighted by molar-refractivity contribution is 5.78. The van der Waals surface area contributed by atoms with Gasteiger partial charge in [-0.05, 0) is 37.5 Å². The first kappa shape index (κ1) is 21.8. The number of ether oxygens (including phenoxy) is 3. The Bertz CT molecular complexity index is 602. The van der Waals surface area contributed by atoms with Crippen molar-refractivity contribution in [1.29, 1.82) is 0 Å². The van der Waals surface area contributed by atoms with E-state index in [4.69, 9.17) is 14.2 Å². The van der Waals surface area contributed by atoms with Gasteiger partial charge in [-0.15, -0.1) is 0 Å². The average molecular weight is 365 g/mol. The molecular formula is C20H31NO5. The summed E-state index contributed by atoms with van der Waals surface area (Å²) in [5.41, 5.74) is 1.00. The minimum atomic E-state index is -0.348. The Labute approximate surface area is 156 Å². The van der Waals surface area contributed by atoms with E-state index in [1.165, 1.54) is 7.11 Å². The monoisotopic (exact) mass is 365 g/mol. The molecule has 2 unspecified atom stereocenters. The van der Waals surface area contributed by atoms with Crippen molar-refractivity contribution in [2.24, 2.45) is 5.92 Å². The third-order valence-corrected chi connectivity index (χ3v) is 4.59. The van der Waals surface area contributed by atoms with E-state index in [1.54, 1.807) is 26.0 Å². The number of methoxy groups -OCH3 is 3. The van der Waals surface area contributed by atoms with Gasteiger partial charge in [-0.1, -0.05) is 19.9 Å². The maximum atomic E-state index is 12.8. The zero-order chi connectivity index (χ0) is 19.7. The quantitative estimate of drug-likeness (QED) is 0.596. The van der Waals surface area contributed by atoms with Crippen LogP contribution in [0.25, 0.3) is 0 Å². The van der Waals surface area contributed by atoms with Gasteiger partial charge in [-0.2, -0.15) is 0 Å². The average Bonchev–Trinajstić information content (AvgIpc) is 2.68. The Balaban J connectivity index is 2.79. The lowest BCUT2D eigenvalue weighted by Crippen LogP contribution is -2.42. The molecule has 0 aliphatic heterocycles. The van der Waals surface area contributed by atoms with Gasteiger partial charge in [0.1, 0.15) is 0 Å². The number of nitrogens with zero attached hydrogens (tertiary/aromatic N) is 1. The fraction of sp³-hybridized carbons (Fsp3) is 0.600. The molecule has 0 aliphatic carbocycles. The van der Waals surface area contributed by atoms with Gasteiger partial charge in [0.2, 0.25) is 5.91 Å². The Morgan fingerprint density at radius 1 is 1.08 bits per heavy atom. The van der Waals surface area contributed by atoms with Crippen LogP contribution in [0.15, 0.2) is 18.2 Å². The number of hydrogen-bond donors (Lipinski definition) is 0. The van der Waals surface area contributed by atoms with Gasteiger partial charge >= 0.3 is 5.97 Å². The SMILES string of the molecule is CCC(C)N(CC(C)C(=O)OC)C(=O)CCc1ccc(OC)c(OC)c1. The van der Waals surface area contributed by atoms with E-state index in [9.17, 15) is 9.59 Å². The van der Waals surface area contributed by atoms with Gasteiger partial charge in [-0.25, -0.2) is 0 Å². The molecule has 0 heterocycles. The number of aryl methyl sites for hydroxylation is 1. The smallest absolute Gasteiger partial charge is 0.310 e. The summed E-state index contributed by atoms with van der Waals surface area (Å²) < 4.78 is 15.3. The number of benzene rings is 1. The van der Waals surface area contributed by atoms with Crippen molar-refractivity contribution in [3.8, 4) is 11.5 Å². The highest BCUT2D eigenvalue weighted by Crippen LogP contribution is 2.28. The van der Waals surface area contributed by atoms with Crippen LogP contribution in [0.3, 0.4) is 0 Å². The largest absolute Gasteiger partial charge is 0.493 e. The summed E-state index contributed by atoms with van der Waals surface area (Å²) in [4.78, 5) is 26.2.